The Balaban J connectivity index is 2.48. The van der Waals surface area contributed by atoms with Gasteiger partial charge in [0.15, 0.2) is 0 Å². The molecule has 0 aromatic heterocycles. The third-order valence-electron chi connectivity index (χ3n) is 4.83. The minimum absolute atomic E-state index is 0.0607. The van der Waals surface area contributed by atoms with Crippen molar-refractivity contribution in [2.24, 2.45) is 0 Å². The number of hydrogen-bond acceptors (Lipinski definition) is 2. The van der Waals surface area contributed by atoms with Gasteiger partial charge in [-0.2, -0.15) is 0 Å². The Morgan fingerprint density at radius 2 is 2.11 bits per heavy atom. The molecule has 0 amide bonds. The molecular weight excluding hydrogens is 234 g/mol. The number of ether oxygens (including phenoxy) is 1. The van der Waals surface area contributed by atoms with Crippen LogP contribution in [0.5, 0.6) is 5.75 Å². The molecule has 1 aromatic rings. The lowest BCUT2D eigenvalue weighted by Gasteiger charge is -2.30. The van der Waals surface area contributed by atoms with Crippen molar-refractivity contribution >= 4 is 0 Å². The average molecular weight is 261 g/mol. The molecular formula is C17H27NO. The second-order valence-electron chi connectivity index (χ2n) is 6.51. The minimum Gasteiger partial charge on any atom is -0.496 e. The number of methoxy groups -OCH3 is 1. The molecule has 0 aliphatic carbocycles. The van der Waals surface area contributed by atoms with Crippen LogP contribution < -0.4 is 10.1 Å². The second kappa shape index (κ2) is 5.16. The standard InChI is InChI=1S/C17H27NO/c1-6-16(2,3)13-8-9-15(19-5)14(12-13)17(4)10-7-11-18-17/h8-9,12,18H,6-7,10-11H2,1-5H3. The fourth-order valence-electron chi connectivity index (χ4n) is 2.89. The van der Waals surface area contributed by atoms with Crippen molar-refractivity contribution in [1.29, 1.82) is 0 Å². The molecule has 1 unspecified atom stereocenters. The van der Waals surface area contributed by atoms with Crippen molar-refractivity contribution in [1.82, 2.24) is 5.32 Å². The minimum atomic E-state index is 0.0607. The van der Waals surface area contributed by atoms with E-state index in [1.54, 1.807) is 7.11 Å². The molecule has 1 atom stereocenters. The Morgan fingerprint density at radius 1 is 1.37 bits per heavy atom. The van der Waals surface area contributed by atoms with E-state index >= 15 is 0 Å². The van der Waals surface area contributed by atoms with E-state index in [1.807, 2.05) is 0 Å². The third-order valence-corrected chi connectivity index (χ3v) is 4.83. The highest BCUT2D eigenvalue weighted by Crippen LogP contribution is 2.39. The van der Waals surface area contributed by atoms with Gasteiger partial charge in [-0.3, -0.25) is 0 Å². The van der Waals surface area contributed by atoms with E-state index in [-0.39, 0.29) is 11.0 Å². The van der Waals surface area contributed by atoms with Crippen molar-refractivity contribution < 1.29 is 4.74 Å². The molecule has 2 rings (SSSR count). The lowest BCUT2D eigenvalue weighted by molar-refractivity contribution is 0.369. The van der Waals surface area contributed by atoms with E-state index in [9.17, 15) is 0 Å². The Labute approximate surface area is 117 Å². The number of rotatable bonds is 4. The Kier molecular flexibility index (Phi) is 3.91. The van der Waals surface area contributed by atoms with E-state index in [2.05, 4.69) is 51.2 Å². The van der Waals surface area contributed by atoms with Gasteiger partial charge < -0.3 is 10.1 Å². The van der Waals surface area contributed by atoms with E-state index in [0.29, 0.717) is 0 Å². The third kappa shape index (κ3) is 2.64. The van der Waals surface area contributed by atoms with Gasteiger partial charge in [0, 0.05) is 11.1 Å². The summed E-state index contributed by atoms with van der Waals surface area (Å²) in [5, 5.41) is 3.64. The highest BCUT2D eigenvalue weighted by Gasteiger charge is 2.33. The van der Waals surface area contributed by atoms with Gasteiger partial charge in [0.25, 0.3) is 0 Å². The summed E-state index contributed by atoms with van der Waals surface area (Å²) >= 11 is 0. The first-order valence-corrected chi connectivity index (χ1v) is 7.37. The lowest BCUT2D eigenvalue weighted by atomic mass is 9.79. The van der Waals surface area contributed by atoms with Crippen LogP contribution in [0.3, 0.4) is 0 Å². The second-order valence-corrected chi connectivity index (χ2v) is 6.51. The first-order chi connectivity index (χ1) is 8.93. The maximum absolute atomic E-state index is 5.58. The summed E-state index contributed by atoms with van der Waals surface area (Å²) in [4.78, 5) is 0. The zero-order chi connectivity index (χ0) is 14.1. The van der Waals surface area contributed by atoms with Gasteiger partial charge >= 0.3 is 0 Å². The summed E-state index contributed by atoms with van der Waals surface area (Å²) in [5.74, 6) is 1.01. The quantitative estimate of drug-likeness (QED) is 0.885. The molecule has 106 valence electrons. The van der Waals surface area contributed by atoms with Crippen LogP contribution >= 0.6 is 0 Å². The maximum atomic E-state index is 5.58. The van der Waals surface area contributed by atoms with Crippen molar-refractivity contribution in [3.8, 4) is 5.75 Å². The molecule has 1 aliphatic heterocycles. The van der Waals surface area contributed by atoms with Gasteiger partial charge in [0.05, 0.1) is 7.11 Å². The SMILES string of the molecule is CCC(C)(C)c1ccc(OC)c(C2(C)CCCN2)c1. The summed E-state index contributed by atoms with van der Waals surface area (Å²) < 4.78 is 5.58. The molecule has 1 aromatic carbocycles. The van der Waals surface area contributed by atoms with Gasteiger partial charge in [0.1, 0.15) is 5.75 Å². The van der Waals surface area contributed by atoms with Gasteiger partial charge in [0.2, 0.25) is 0 Å². The number of nitrogens with one attached hydrogen (secondary N) is 1. The molecule has 0 radical (unpaired) electrons. The highest BCUT2D eigenvalue weighted by atomic mass is 16.5. The predicted molar refractivity (Wildman–Crippen MR) is 80.9 cm³/mol. The van der Waals surface area contributed by atoms with Crippen LogP contribution in [-0.2, 0) is 11.0 Å². The first kappa shape index (κ1) is 14.4. The summed E-state index contributed by atoms with van der Waals surface area (Å²) in [6.45, 7) is 10.3. The van der Waals surface area contributed by atoms with Crippen LogP contribution in [0, 0.1) is 0 Å². The van der Waals surface area contributed by atoms with Gasteiger partial charge in [-0.1, -0.05) is 26.8 Å². The summed E-state index contributed by atoms with van der Waals surface area (Å²) in [6.07, 6.45) is 3.56. The van der Waals surface area contributed by atoms with E-state index < -0.39 is 0 Å². The molecule has 0 saturated carbocycles. The Bertz CT molecular complexity index is 445. The molecule has 2 nitrogen and oxygen atoms in total. The van der Waals surface area contributed by atoms with Crippen molar-refractivity contribution in [2.45, 2.75) is 57.9 Å². The van der Waals surface area contributed by atoms with Crippen molar-refractivity contribution in [3.05, 3.63) is 29.3 Å². The van der Waals surface area contributed by atoms with Crippen molar-refractivity contribution in [2.75, 3.05) is 13.7 Å². The normalized spacial score (nSPS) is 23.6. The summed E-state index contributed by atoms with van der Waals surface area (Å²) in [5.41, 5.74) is 2.99. The molecule has 19 heavy (non-hydrogen) atoms. The Hall–Kier alpha value is -1.02. The first-order valence-electron chi connectivity index (χ1n) is 7.37. The van der Waals surface area contributed by atoms with E-state index in [4.69, 9.17) is 4.74 Å². The van der Waals surface area contributed by atoms with Crippen LogP contribution in [0.1, 0.15) is 58.1 Å². The van der Waals surface area contributed by atoms with Crippen molar-refractivity contribution in [3.63, 3.8) is 0 Å². The molecule has 0 bridgehead atoms. The largest absolute Gasteiger partial charge is 0.496 e. The maximum Gasteiger partial charge on any atom is 0.123 e. The summed E-state index contributed by atoms with van der Waals surface area (Å²) in [7, 11) is 1.77. The number of hydrogen-bond donors (Lipinski definition) is 1. The lowest BCUT2D eigenvalue weighted by Crippen LogP contribution is -2.34. The van der Waals surface area contributed by atoms with Crippen LogP contribution in [-0.4, -0.2) is 13.7 Å². The van der Waals surface area contributed by atoms with Gasteiger partial charge in [-0.25, -0.2) is 0 Å². The predicted octanol–water partition coefficient (Wildman–Crippen LogP) is 3.98. The average Bonchev–Trinajstić information content (AvgIpc) is 2.86. The molecule has 1 aliphatic rings. The molecule has 1 saturated heterocycles. The fraction of sp³-hybridized carbons (Fsp3) is 0.647. The molecule has 0 spiro atoms. The molecule has 1 N–H and O–H groups in total. The fourth-order valence-corrected chi connectivity index (χ4v) is 2.89. The van der Waals surface area contributed by atoms with Crippen LogP contribution in [0.2, 0.25) is 0 Å². The molecule has 1 fully saturated rings. The van der Waals surface area contributed by atoms with Gasteiger partial charge in [-0.05, 0) is 55.8 Å². The van der Waals surface area contributed by atoms with E-state index in [0.717, 1.165) is 18.7 Å². The zero-order valence-corrected chi connectivity index (χ0v) is 13.0. The highest BCUT2D eigenvalue weighted by molar-refractivity contribution is 5.44. The molecule has 1 heterocycles. The van der Waals surface area contributed by atoms with Crippen LogP contribution in [0.4, 0.5) is 0 Å². The van der Waals surface area contributed by atoms with Crippen LogP contribution in [0.25, 0.3) is 0 Å². The monoisotopic (exact) mass is 261 g/mol. The van der Waals surface area contributed by atoms with E-state index in [1.165, 1.54) is 24.0 Å². The number of benzene rings is 1. The smallest absolute Gasteiger partial charge is 0.123 e. The topological polar surface area (TPSA) is 21.3 Å². The summed E-state index contributed by atoms with van der Waals surface area (Å²) in [6, 6.07) is 6.69. The molecule has 2 heteroatoms. The van der Waals surface area contributed by atoms with Crippen LogP contribution in [0.15, 0.2) is 18.2 Å². The van der Waals surface area contributed by atoms with Gasteiger partial charge in [-0.15, -0.1) is 0 Å². The zero-order valence-electron chi connectivity index (χ0n) is 13.0. The Morgan fingerprint density at radius 3 is 2.63 bits per heavy atom.